The molecule has 1 aliphatic carbocycles. The SMILES string of the molecule is CCc1cccc(C)c1NC(=S)N(C(N)=O)C1CC1c1ccc(-c2ncn(-c3ccc(OC(F)(F)F)cc3)n2)cc1. The molecule has 2 atom stereocenters. The first-order valence-electron chi connectivity index (χ1n) is 12.9. The Morgan fingerprint density at radius 3 is 2.49 bits per heavy atom. The zero-order valence-corrected chi connectivity index (χ0v) is 23.0. The van der Waals surface area contributed by atoms with Gasteiger partial charge >= 0.3 is 12.4 Å². The van der Waals surface area contributed by atoms with Gasteiger partial charge in [-0.25, -0.2) is 14.5 Å². The van der Waals surface area contributed by atoms with Gasteiger partial charge in [-0.05, 0) is 72.9 Å². The summed E-state index contributed by atoms with van der Waals surface area (Å²) in [6.45, 7) is 4.05. The van der Waals surface area contributed by atoms with Crippen molar-refractivity contribution in [1.82, 2.24) is 19.7 Å². The van der Waals surface area contributed by atoms with Gasteiger partial charge in [0, 0.05) is 23.2 Å². The van der Waals surface area contributed by atoms with E-state index in [1.54, 1.807) is 0 Å². The van der Waals surface area contributed by atoms with Gasteiger partial charge in [-0.3, -0.25) is 4.90 Å². The van der Waals surface area contributed by atoms with E-state index >= 15 is 0 Å². The Morgan fingerprint density at radius 1 is 1.15 bits per heavy atom. The number of thiocarbonyl (C=S) groups is 1. The number of aryl methyl sites for hydroxylation is 2. The molecule has 12 heteroatoms. The van der Waals surface area contributed by atoms with Crippen molar-refractivity contribution in [2.75, 3.05) is 5.32 Å². The molecule has 0 bridgehead atoms. The molecule has 212 valence electrons. The summed E-state index contributed by atoms with van der Waals surface area (Å²) in [5.41, 5.74) is 11.1. The molecule has 41 heavy (non-hydrogen) atoms. The van der Waals surface area contributed by atoms with E-state index in [1.807, 2.05) is 49.4 Å². The number of rotatable bonds is 7. The van der Waals surface area contributed by atoms with Gasteiger partial charge in [0.1, 0.15) is 12.1 Å². The van der Waals surface area contributed by atoms with Crippen molar-refractivity contribution < 1.29 is 22.7 Å². The Hall–Kier alpha value is -4.45. The summed E-state index contributed by atoms with van der Waals surface area (Å²) in [4.78, 5) is 18.2. The molecule has 1 heterocycles. The van der Waals surface area contributed by atoms with Crippen LogP contribution in [0.25, 0.3) is 17.1 Å². The van der Waals surface area contributed by atoms with Crippen molar-refractivity contribution in [3.05, 3.63) is 89.7 Å². The minimum Gasteiger partial charge on any atom is -0.406 e. The zero-order valence-electron chi connectivity index (χ0n) is 22.2. The van der Waals surface area contributed by atoms with Crippen molar-refractivity contribution in [3.63, 3.8) is 0 Å². The predicted molar refractivity (Wildman–Crippen MR) is 153 cm³/mol. The molecule has 5 rings (SSSR count). The molecule has 0 radical (unpaired) electrons. The summed E-state index contributed by atoms with van der Waals surface area (Å²) in [6, 6.07) is 18.3. The lowest BCUT2D eigenvalue weighted by molar-refractivity contribution is -0.274. The Balaban J connectivity index is 1.26. The number of carbonyl (C=O) groups excluding carboxylic acids is 1. The van der Waals surface area contributed by atoms with Crippen LogP contribution in [0, 0.1) is 6.92 Å². The summed E-state index contributed by atoms with van der Waals surface area (Å²) < 4.78 is 42.6. The number of aromatic nitrogens is 3. The first-order chi connectivity index (χ1) is 19.5. The lowest BCUT2D eigenvalue weighted by Gasteiger charge is -2.24. The fourth-order valence-electron chi connectivity index (χ4n) is 4.81. The Bertz CT molecular complexity index is 1570. The predicted octanol–water partition coefficient (Wildman–Crippen LogP) is 6.34. The van der Waals surface area contributed by atoms with Gasteiger partial charge in [0.05, 0.1) is 5.69 Å². The van der Waals surface area contributed by atoms with E-state index in [-0.39, 0.29) is 22.8 Å². The highest BCUT2D eigenvalue weighted by Gasteiger charge is 2.46. The zero-order chi connectivity index (χ0) is 29.3. The number of anilines is 1. The van der Waals surface area contributed by atoms with Crippen LogP contribution >= 0.6 is 12.2 Å². The number of ether oxygens (including phenoxy) is 1. The number of primary amides is 1. The lowest BCUT2D eigenvalue weighted by Crippen LogP contribution is -2.45. The first-order valence-corrected chi connectivity index (χ1v) is 13.3. The first kappa shape index (κ1) is 28.1. The molecule has 8 nitrogen and oxygen atoms in total. The summed E-state index contributed by atoms with van der Waals surface area (Å²) in [5.74, 6) is 0.207. The molecular formula is C29H27F3N6O2S. The van der Waals surface area contributed by atoms with Crippen molar-refractivity contribution in [3.8, 4) is 22.8 Å². The number of nitrogens with zero attached hydrogens (tertiary/aromatic N) is 4. The highest BCUT2D eigenvalue weighted by atomic mass is 32.1. The summed E-state index contributed by atoms with van der Waals surface area (Å²) in [6.07, 6.45) is -1.73. The molecule has 0 spiro atoms. The number of hydrogen-bond donors (Lipinski definition) is 2. The molecule has 2 amide bonds. The lowest BCUT2D eigenvalue weighted by atomic mass is 10.1. The smallest absolute Gasteiger partial charge is 0.406 e. The molecule has 3 aromatic carbocycles. The van der Waals surface area contributed by atoms with Crippen LogP contribution in [-0.2, 0) is 6.42 Å². The van der Waals surface area contributed by atoms with Crippen LogP contribution in [0.3, 0.4) is 0 Å². The van der Waals surface area contributed by atoms with Gasteiger partial charge in [0.15, 0.2) is 10.9 Å². The minimum atomic E-state index is -4.75. The normalized spacial score (nSPS) is 16.2. The van der Waals surface area contributed by atoms with Crippen LogP contribution in [0.1, 0.15) is 36.0 Å². The van der Waals surface area contributed by atoms with Gasteiger partial charge in [-0.2, -0.15) is 0 Å². The van der Waals surface area contributed by atoms with E-state index in [2.05, 4.69) is 27.1 Å². The number of carbonyl (C=O) groups is 1. The summed E-state index contributed by atoms with van der Waals surface area (Å²) in [5, 5.41) is 7.96. The van der Waals surface area contributed by atoms with E-state index in [4.69, 9.17) is 18.0 Å². The molecule has 3 N–H and O–H groups in total. The maximum atomic E-state index is 12.4. The Labute approximate surface area is 239 Å². The third-order valence-electron chi connectivity index (χ3n) is 6.94. The van der Waals surface area contributed by atoms with E-state index in [0.717, 1.165) is 40.8 Å². The number of hydrogen-bond acceptors (Lipinski definition) is 5. The van der Waals surface area contributed by atoms with Gasteiger partial charge < -0.3 is 15.8 Å². The van der Waals surface area contributed by atoms with Crippen LogP contribution < -0.4 is 15.8 Å². The van der Waals surface area contributed by atoms with Crippen LogP contribution in [-0.4, -0.2) is 43.2 Å². The molecule has 1 aromatic heterocycles. The number of alkyl halides is 3. The van der Waals surface area contributed by atoms with Crippen LogP contribution in [0.2, 0.25) is 0 Å². The van der Waals surface area contributed by atoms with E-state index < -0.39 is 12.4 Å². The number of amides is 2. The quantitative estimate of drug-likeness (QED) is 0.248. The van der Waals surface area contributed by atoms with Gasteiger partial charge in [-0.15, -0.1) is 18.3 Å². The molecule has 1 aliphatic rings. The second kappa shape index (κ2) is 11.2. The third kappa shape index (κ3) is 6.32. The highest BCUT2D eigenvalue weighted by molar-refractivity contribution is 7.80. The van der Waals surface area contributed by atoms with Crippen molar-refractivity contribution >= 4 is 29.0 Å². The molecule has 1 fully saturated rings. The maximum absolute atomic E-state index is 12.4. The van der Waals surface area contributed by atoms with Gasteiger partial charge in [-0.1, -0.05) is 49.4 Å². The molecule has 2 unspecified atom stereocenters. The fraction of sp³-hybridized carbons (Fsp3) is 0.241. The van der Waals surface area contributed by atoms with Crippen LogP contribution in [0.4, 0.5) is 23.7 Å². The van der Waals surface area contributed by atoms with Gasteiger partial charge in [0.25, 0.3) is 0 Å². The van der Waals surface area contributed by atoms with E-state index in [1.165, 1.54) is 40.2 Å². The monoisotopic (exact) mass is 580 g/mol. The van der Waals surface area contributed by atoms with E-state index in [9.17, 15) is 18.0 Å². The molecule has 0 aliphatic heterocycles. The molecule has 0 saturated heterocycles. The number of para-hydroxylation sites is 1. The molecule has 4 aromatic rings. The van der Waals surface area contributed by atoms with Gasteiger partial charge in [0.2, 0.25) is 0 Å². The number of nitrogens with two attached hydrogens (primary N) is 1. The topological polar surface area (TPSA) is 98.3 Å². The molecular weight excluding hydrogens is 553 g/mol. The summed E-state index contributed by atoms with van der Waals surface area (Å²) >= 11 is 5.62. The Morgan fingerprint density at radius 2 is 1.85 bits per heavy atom. The number of benzene rings is 3. The second-order valence-corrected chi connectivity index (χ2v) is 10.1. The van der Waals surface area contributed by atoms with Crippen molar-refractivity contribution in [1.29, 1.82) is 0 Å². The van der Waals surface area contributed by atoms with Crippen molar-refractivity contribution in [2.24, 2.45) is 5.73 Å². The molecule has 1 saturated carbocycles. The largest absolute Gasteiger partial charge is 0.573 e. The summed E-state index contributed by atoms with van der Waals surface area (Å²) in [7, 11) is 0. The third-order valence-corrected chi connectivity index (χ3v) is 7.24. The maximum Gasteiger partial charge on any atom is 0.573 e. The van der Waals surface area contributed by atoms with E-state index in [0.29, 0.717) is 11.5 Å². The minimum absolute atomic E-state index is 0.0711. The Kier molecular flexibility index (Phi) is 7.68. The fourth-order valence-corrected chi connectivity index (χ4v) is 5.14. The van der Waals surface area contributed by atoms with Crippen molar-refractivity contribution in [2.45, 2.75) is 45.0 Å². The second-order valence-electron chi connectivity index (χ2n) is 9.69. The highest BCUT2D eigenvalue weighted by Crippen LogP contribution is 2.45. The van der Waals surface area contributed by atoms with Crippen LogP contribution in [0.5, 0.6) is 5.75 Å². The standard InChI is InChI=1S/C29H27F3N6O2S/c1-3-18-6-4-5-17(2)25(18)35-28(41)38(27(33)39)24-15-23(24)19-7-9-20(10-8-19)26-34-16-37(36-26)21-11-13-22(14-12-21)40-29(30,31)32/h4-14,16,23-24H,3,15H2,1-2H3,(H2,33,39)(H,35,41). The average molecular weight is 581 g/mol. The number of halogens is 3. The average Bonchev–Trinajstić information content (AvgIpc) is 3.53. The number of nitrogens with one attached hydrogen (secondary N) is 1. The van der Waals surface area contributed by atoms with Crippen LogP contribution in [0.15, 0.2) is 73.1 Å². The number of urea groups is 1.